The van der Waals surface area contributed by atoms with Gasteiger partial charge in [0.1, 0.15) is 0 Å². The van der Waals surface area contributed by atoms with E-state index in [4.69, 9.17) is 5.14 Å². The number of sulfonamides is 1. The number of aryl methyl sites for hydroxylation is 1. The monoisotopic (exact) mass is 280 g/mol. The first-order chi connectivity index (χ1) is 8.88. The van der Waals surface area contributed by atoms with Gasteiger partial charge in [0.2, 0.25) is 10.0 Å². The minimum atomic E-state index is -3.91. The lowest BCUT2D eigenvalue weighted by atomic mass is 10.1. The van der Waals surface area contributed by atoms with Crippen molar-refractivity contribution >= 4 is 15.9 Å². The van der Waals surface area contributed by atoms with E-state index >= 15 is 0 Å². The fourth-order valence-corrected chi connectivity index (χ4v) is 2.78. The summed E-state index contributed by atoms with van der Waals surface area (Å²) in [4.78, 5) is 12.0. The maximum atomic E-state index is 12.2. The Labute approximate surface area is 112 Å². The highest BCUT2D eigenvalue weighted by atomic mass is 32.2. The maximum Gasteiger partial charge on any atom is 0.252 e. The van der Waals surface area contributed by atoms with Crippen LogP contribution in [0.5, 0.6) is 0 Å². The average molecular weight is 280 g/mol. The number of carbonyl (C=O) groups is 1. The van der Waals surface area contributed by atoms with Crippen molar-refractivity contribution in [1.82, 2.24) is 5.32 Å². The molecule has 2 rings (SSSR count). The van der Waals surface area contributed by atoms with E-state index in [1.54, 1.807) is 13.0 Å². The van der Waals surface area contributed by atoms with Crippen LogP contribution in [0.3, 0.4) is 0 Å². The SMILES string of the molecule is Cc1ccc(S(N)(=O)=O)c(C(=O)NC2CC=CC2)c1. The lowest BCUT2D eigenvalue weighted by Crippen LogP contribution is -2.34. The largest absolute Gasteiger partial charge is 0.349 e. The molecular formula is C13H16N2O3S. The number of benzene rings is 1. The highest BCUT2D eigenvalue weighted by Gasteiger charge is 2.21. The predicted molar refractivity (Wildman–Crippen MR) is 72.2 cm³/mol. The van der Waals surface area contributed by atoms with Gasteiger partial charge in [-0.3, -0.25) is 4.79 Å². The Morgan fingerprint density at radius 1 is 1.32 bits per heavy atom. The third kappa shape index (κ3) is 3.21. The van der Waals surface area contributed by atoms with E-state index < -0.39 is 15.9 Å². The van der Waals surface area contributed by atoms with Crippen LogP contribution in [0, 0.1) is 6.92 Å². The van der Waals surface area contributed by atoms with Crippen LogP contribution in [0.4, 0.5) is 0 Å². The van der Waals surface area contributed by atoms with Crippen molar-refractivity contribution in [1.29, 1.82) is 0 Å². The standard InChI is InChI=1S/C13H16N2O3S/c1-9-6-7-12(19(14,17)18)11(8-9)13(16)15-10-4-2-3-5-10/h2-3,6-8,10H,4-5H2,1H3,(H,15,16)(H2,14,17,18). The third-order valence-electron chi connectivity index (χ3n) is 3.03. The molecule has 0 saturated heterocycles. The fourth-order valence-electron chi connectivity index (χ4n) is 2.07. The molecule has 0 unspecified atom stereocenters. The third-order valence-corrected chi connectivity index (χ3v) is 4.00. The second-order valence-corrected chi connectivity index (χ2v) is 6.19. The molecule has 0 aromatic heterocycles. The lowest BCUT2D eigenvalue weighted by molar-refractivity contribution is 0.0935. The Hall–Kier alpha value is -1.66. The zero-order valence-corrected chi connectivity index (χ0v) is 11.4. The highest BCUT2D eigenvalue weighted by Crippen LogP contribution is 2.17. The van der Waals surface area contributed by atoms with Crippen molar-refractivity contribution in [2.75, 3.05) is 0 Å². The Morgan fingerprint density at radius 3 is 2.53 bits per heavy atom. The van der Waals surface area contributed by atoms with Crippen LogP contribution in [0.15, 0.2) is 35.2 Å². The second kappa shape index (κ2) is 5.14. The average Bonchev–Trinajstić information content (AvgIpc) is 2.80. The molecule has 102 valence electrons. The van der Waals surface area contributed by atoms with Gasteiger partial charge in [0.25, 0.3) is 5.91 Å². The summed E-state index contributed by atoms with van der Waals surface area (Å²) in [6.07, 6.45) is 5.51. The number of nitrogens with one attached hydrogen (secondary N) is 1. The summed E-state index contributed by atoms with van der Waals surface area (Å²) < 4.78 is 23.0. The van der Waals surface area contributed by atoms with Crippen LogP contribution < -0.4 is 10.5 Å². The summed E-state index contributed by atoms with van der Waals surface area (Å²) in [6, 6.07) is 4.55. The molecule has 0 spiro atoms. The molecule has 0 heterocycles. The smallest absolute Gasteiger partial charge is 0.252 e. The number of carbonyl (C=O) groups excluding carboxylic acids is 1. The van der Waals surface area contributed by atoms with E-state index in [1.165, 1.54) is 12.1 Å². The topological polar surface area (TPSA) is 89.3 Å². The summed E-state index contributed by atoms with van der Waals surface area (Å²) in [5.41, 5.74) is 0.913. The Kier molecular flexibility index (Phi) is 3.73. The van der Waals surface area contributed by atoms with Crippen LogP contribution in [-0.2, 0) is 10.0 Å². The number of nitrogens with two attached hydrogens (primary N) is 1. The molecule has 0 saturated carbocycles. The number of rotatable bonds is 3. The van der Waals surface area contributed by atoms with Gasteiger partial charge in [0.15, 0.2) is 0 Å². The molecule has 1 amide bonds. The highest BCUT2D eigenvalue weighted by molar-refractivity contribution is 7.89. The normalized spacial score (nSPS) is 15.7. The molecule has 0 aliphatic heterocycles. The van der Waals surface area contributed by atoms with E-state index in [9.17, 15) is 13.2 Å². The predicted octanol–water partition coefficient (Wildman–Crippen LogP) is 1.09. The Morgan fingerprint density at radius 2 is 1.95 bits per heavy atom. The second-order valence-electron chi connectivity index (χ2n) is 4.66. The van der Waals surface area contributed by atoms with E-state index in [0.29, 0.717) is 0 Å². The molecule has 3 N–H and O–H groups in total. The zero-order chi connectivity index (χ0) is 14.0. The summed E-state index contributed by atoms with van der Waals surface area (Å²) in [5, 5.41) is 7.95. The van der Waals surface area contributed by atoms with Gasteiger partial charge in [0.05, 0.1) is 10.5 Å². The van der Waals surface area contributed by atoms with E-state index in [-0.39, 0.29) is 16.5 Å². The summed E-state index contributed by atoms with van der Waals surface area (Å²) in [6.45, 7) is 1.79. The van der Waals surface area contributed by atoms with Gasteiger partial charge < -0.3 is 5.32 Å². The molecule has 6 heteroatoms. The van der Waals surface area contributed by atoms with E-state index in [0.717, 1.165) is 18.4 Å². The van der Waals surface area contributed by atoms with Gasteiger partial charge in [-0.25, -0.2) is 13.6 Å². The minimum absolute atomic E-state index is 0.0290. The van der Waals surface area contributed by atoms with Gasteiger partial charge in [-0.05, 0) is 31.9 Å². The van der Waals surface area contributed by atoms with Crippen LogP contribution in [0.2, 0.25) is 0 Å². The van der Waals surface area contributed by atoms with Crippen molar-refractivity contribution in [2.24, 2.45) is 5.14 Å². The molecule has 1 aromatic rings. The van der Waals surface area contributed by atoms with Gasteiger partial charge in [-0.2, -0.15) is 0 Å². The van der Waals surface area contributed by atoms with Crippen molar-refractivity contribution in [3.8, 4) is 0 Å². The summed E-state index contributed by atoms with van der Waals surface area (Å²) in [5.74, 6) is -0.401. The first kappa shape index (κ1) is 13.8. The van der Waals surface area contributed by atoms with E-state index in [2.05, 4.69) is 5.32 Å². The number of hydrogen-bond donors (Lipinski definition) is 2. The van der Waals surface area contributed by atoms with Gasteiger partial charge in [-0.1, -0.05) is 23.8 Å². The van der Waals surface area contributed by atoms with Crippen molar-refractivity contribution < 1.29 is 13.2 Å². The van der Waals surface area contributed by atoms with Crippen LogP contribution in [-0.4, -0.2) is 20.4 Å². The molecule has 0 bridgehead atoms. The number of amides is 1. The van der Waals surface area contributed by atoms with Gasteiger partial charge in [-0.15, -0.1) is 0 Å². The molecule has 0 fully saturated rings. The molecule has 19 heavy (non-hydrogen) atoms. The molecule has 1 aliphatic carbocycles. The van der Waals surface area contributed by atoms with Gasteiger partial charge >= 0.3 is 0 Å². The maximum absolute atomic E-state index is 12.2. The lowest BCUT2D eigenvalue weighted by Gasteiger charge is -2.14. The van der Waals surface area contributed by atoms with Crippen molar-refractivity contribution in [3.05, 3.63) is 41.5 Å². The molecule has 0 radical (unpaired) electrons. The number of primary sulfonamides is 1. The molecular weight excluding hydrogens is 264 g/mol. The van der Waals surface area contributed by atoms with Crippen LogP contribution in [0.25, 0.3) is 0 Å². The van der Waals surface area contributed by atoms with E-state index in [1.807, 2.05) is 12.2 Å². The Bertz CT molecular complexity index is 627. The van der Waals surface area contributed by atoms with Gasteiger partial charge in [0, 0.05) is 6.04 Å². The first-order valence-electron chi connectivity index (χ1n) is 5.97. The number of hydrogen-bond acceptors (Lipinski definition) is 3. The molecule has 1 aliphatic rings. The Balaban J connectivity index is 2.32. The van der Waals surface area contributed by atoms with Crippen molar-refractivity contribution in [3.63, 3.8) is 0 Å². The fraction of sp³-hybridized carbons (Fsp3) is 0.308. The van der Waals surface area contributed by atoms with Crippen LogP contribution >= 0.6 is 0 Å². The zero-order valence-electron chi connectivity index (χ0n) is 10.6. The summed E-state index contributed by atoms with van der Waals surface area (Å²) in [7, 11) is -3.91. The molecule has 1 aromatic carbocycles. The first-order valence-corrected chi connectivity index (χ1v) is 7.52. The van der Waals surface area contributed by atoms with Crippen molar-refractivity contribution in [2.45, 2.75) is 30.7 Å². The molecule has 5 nitrogen and oxygen atoms in total. The molecule has 0 atom stereocenters. The summed E-state index contributed by atoms with van der Waals surface area (Å²) >= 11 is 0. The van der Waals surface area contributed by atoms with Crippen LogP contribution in [0.1, 0.15) is 28.8 Å². The minimum Gasteiger partial charge on any atom is -0.349 e. The quantitative estimate of drug-likeness (QED) is 0.812.